The third kappa shape index (κ3) is 5.82. The van der Waals surface area contributed by atoms with Gasteiger partial charge in [0, 0.05) is 21.7 Å². The van der Waals surface area contributed by atoms with Gasteiger partial charge in [0.15, 0.2) is 0 Å². The molecule has 3 aromatic rings. The molecule has 0 aliphatic heterocycles. The van der Waals surface area contributed by atoms with Gasteiger partial charge < -0.3 is 9.64 Å². The number of thiophene rings is 1. The Labute approximate surface area is 174 Å². The Morgan fingerprint density at radius 3 is 2.55 bits per heavy atom. The Hall–Kier alpha value is -2.84. The first-order valence-electron chi connectivity index (χ1n) is 8.87. The predicted octanol–water partition coefficient (Wildman–Crippen LogP) is 3.97. The molecular formula is C21H22N2O4S2. The summed E-state index contributed by atoms with van der Waals surface area (Å²) in [4.78, 5) is 16.1. The molecule has 2 aromatic carbocycles. The van der Waals surface area contributed by atoms with Gasteiger partial charge in [-0.25, -0.2) is 8.42 Å². The molecule has 152 valence electrons. The number of carbonyl (C=O) groups excluding carboxylic acids is 1. The van der Waals surface area contributed by atoms with Crippen LogP contribution in [0.1, 0.15) is 20.8 Å². The highest BCUT2D eigenvalue weighted by molar-refractivity contribution is 7.92. The van der Waals surface area contributed by atoms with E-state index in [1.165, 1.54) is 0 Å². The maximum absolute atomic E-state index is 13.3. The van der Waals surface area contributed by atoms with Crippen LogP contribution in [0, 0.1) is 0 Å². The first-order valence-corrected chi connectivity index (χ1v) is 11.6. The summed E-state index contributed by atoms with van der Waals surface area (Å²) in [5.74, 6) is 0.519. The van der Waals surface area contributed by atoms with Crippen LogP contribution in [0.15, 0.2) is 66.0 Å². The van der Waals surface area contributed by atoms with Crippen LogP contribution in [-0.4, -0.2) is 32.6 Å². The van der Waals surface area contributed by atoms with E-state index >= 15 is 0 Å². The van der Waals surface area contributed by atoms with Crippen LogP contribution in [0.2, 0.25) is 0 Å². The zero-order valence-electron chi connectivity index (χ0n) is 16.2. The normalized spacial score (nSPS) is 11.1. The van der Waals surface area contributed by atoms with Crippen LogP contribution in [-0.2, 0) is 23.1 Å². The third-order valence-electron chi connectivity index (χ3n) is 4.18. The van der Waals surface area contributed by atoms with Crippen molar-refractivity contribution in [2.24, 2.45) is 0 Å². The van der Waals surface area contributed by atoms with E-state index in [9.17, 15) is 13.2 Å². The smallest absolute Gasteiger partial charge is 0.254 e. The Morgan fingerprint density at radius 2 is 1.86 bits per heavy atom. The van der Waals surface area contributed by atoms with Gasteiger partial charge in [-0.3, -0.25) is 9.52 Å². The number of para-hydroxylation sites is 1. The van der Waals surface area contributed by atoms with E-state index in [-0.39, 0.29) is 5.91 Å². The third-order valence-corrected chi connectivity index (χ3v) is 5.65. The monoisotopic (exact) mass is 430 g/mol. The van der Waals surface area contributed by atoms with Gasteiger partial charge in [0.1, 0.15) is 5.75 Å². The van der Waals surface area contributed by atoms with Crippen LogP contribution in [0.5, 0.6) is 5.75 Å². The Bertz CT molecular complexity index is 1080. The molecule has 1 N–H and O–H groups in total. The molecule has 0 aliphatic carbocycles. The minimum absolute atomic E-state index is 0.193. The van der Waals surface area contributed by atoms with Gasteiger partial charge in [0.25, 0.3) is 5.91 Å². The van der Waals surface area contributed by atoms with Crippen molar-refractivity contribution in [3.8, 4) is 5.75 Å². The highest BCUT2D eigenvalue weighted by Gasteiger charge is 2.19. The molecule has 0 aliphatic rings. The van der Waals surface area contributed by atoms with Crippen molar-refractivity contribution in [1.29, 1.82) is 0 Å². The van der Waals surface area contributed by atoms with Gasteiger partial charge >= 0.3 is 0 Å². The van der Waals surface area contributed by atoms with Crippen LogP contribution < -0.4 is 9.46 Å². The molecule has 0 unspecified atom stereocenters. The molecule has 8 heteroatoms. The average molecular weight is 431 g/mol. The molecule has 1 aromatic heterocycles. The Morgan fingerprint density at radius 1 is 1.07 bits per heavy atom. The largest absolute Gasteiger partial charge is 0.496 e. The summed E-state index contributed by atoms with van der Waals surface area (Å²) >= 11 is 1.58. The minimum atomic E-state index is -3.43. The summed E-state index contributed by atoms with van der Waals surface area (Å²) in [5.41, 5.74) is 1.65. The molecule has 29 heavy (non-hydrogen) atoms. The number of benzene rings is 2. The number of methoxy groups -OCH3 is 1. The number of nitrogens with zero attached hydrogens (tertiary/aromatic N) is 1. The second kappa shape index (κ2) is 9.11. The molecule has 0 radical (unpaired) electrons. The molecule has 1 heterocycles. The molecule has 0 bridgehead atoms. The lowest BCUT2D eigenvalue weighted by atomic mass is 10.1. The fourth-order valence-electron chi connectivity index (χ4n) is 2.94. The van der Waals surface area contributed by atoms with Crippen LogP contribution in [0.25, 0.3) is 0 Å². The lowest BCUT2D eigenvalue weighted by Crippen LogP contribution is -2.30. The SMILES string of the molecule is COc1ccccc1CN(Cc1cccs1)C(=O)c1cccc(NS(C)(=O)=O)c1. The molecule has 0 spiro atoms. The second-order valence-electron chi connectivity index (χ2n) is 6.51. The van der Waals surface area contributed by atoms with E-state index < -0.39 is 10.0 Å². The zero-order chi connectivity index (χ0) is 20.9. The minimum Gasteiger partial charge on any atom is -0.496 e. The number of anilines is 1. The maximum Gasteiger partial charge on any atom is 0.254 e. The van der Waals surface area contributed by atoms with Crippen molar-refractivity contribution < 1.29 is 17.9 Å². The highest BCUT2D eigenvalue weighted by atomic mass is 32.2. The number of hydrogen-bond acceptors (Lipinski definition) is 5. The van der Waals surface area contributed by atoms with Crippen molar-refractivity contribution in [2.75, 3.05) is 18.1 Å². The lowest BCUT2D eigenvalue weighted by Gasteiger charge is -2.23. The van der Waals surface area contributed by atoms with E-state index in [1.807, 2.05) is 41.8 Å². The van der Waals surface area contributed by atoms with Crippen molar-refractivity contribution >= 4 is 33.0 Å². The van der Waals surface area contributed by atoms with Gasteiger partial charge in [-0.15, -0.1) is 11.3 Å². The van der Waals surface area contributed by atoms with Gasteiger partial charge in [0.2, 0.25) is 10.0 Å². The standard InChI is InChI=1S/C21H22N2O4S2/c1-27-20-11-4-3-7-17(20)14-23(15-19-10-6-12-28-19)21(24)16-8-5-9-18(13-16)22-29(2,25)26/h3-13,22H,14-15H2,1-2H3. The molecule has 6 nitrogen and oxygen atoms in total. The van der Waals surface area contributed by atoms with Crippen molar-refractivity contribution in [3.63, 3.8) is 0 Å². The summed E-state index contributed by atoms with van der Waals surface area (Å²) < 4.78 is 30.9. The maximum atomic E-state index is 13.3. The molecule has 0 fully saturated rings. The predicted molar refractivity (Wildman–Crippen MR) is 116 cm³/mol. The first kappa shape index (κ1) is 20.9. The van der Waals surface area contributed by atoms with Gasteiger partial charge in [-0.05, 0) is 35.7 Å². The summed E-state index contributed by atoms with van der Waals surface area (Å²) in [6.07, 6.45) is 1.08. The quantitative estimate of drug-likeness (QED) is 0.587. The van der Waals surface area contributed by atoms with Gasteiger partial charge in [0.05, 0.1) is 26.5 Å². The molecule has 0 saturated carbocycles. The number of carbonyl (C=O) groups is 1. The van der Waals surface area contributed by atoms with E-state index in [0.29, 0.717) is 30.1 Å². The molecule has 0 atom stereocenters. The molecule has 3 rings (SSSR count). The lowest BCUT2D eigenvalue weighted by molar-refractivity contribution is 0.0730. The van der Waals surface area contributed by atoms with Crippen molar-refractivity contribution in [3.05, 3.63) is 82.0 Å². The number of hydrogen-bond donors (Lipinski definition) is 1. The van der Waals surface area contributed by atoms with E-state index in [4.69, 9.17) is 4.74 Å². The number of rotatable bonds is 8. The molecule has 0 saturated heterocycles. The van der Waals surface area contributed by atoms with E-state index in [2.05, 4.69) is 4.72 Å². The Balaban J connectivity index is 1.91. The van der Waals surface area contributed by atoms with Gasteiger partial charge in [-0.2, -0.15) is 0 Å². The highest BCUT2D eigenvalue weighted by Crippen LogP contribution is 2.23. The van der Waals surface area contributed by atoms with Crippen molar-refractivity contribution in [1.82, 2.24) is 4.90 Å². The number of amides is 1. The number of ether oxygens (including phenoxy) is 1. The topological polar surface area (TPSA) is 75.7 Å². The van der Waals surface area contributed by atoms with Gasteiger partial charge in [-0.1, -0.05) is 30.3 Å². The fourth-order valence-corrected chi connectivity index (χ4v) is 4.22. The number of sulfonamides is 1. The summed E-state index contributed by atoms with van der Waals surface area (Å²) in [6, 6.07) is 18.0. The van der Waals surface area contributed by atoms with Crippen LogP contribution in [0.3, 0.4) is 0 Å². The van der Waals surface area contributed by atoms with E-state index in [1.54, 1.807) is 47.6 Å². The van der Waals surface area contributed by atoms with E-state index in [0.717, 1.165) is 16.7 Å². The second-order valence-corrected chi connectivity index (χ2v) is 9.29. The summed E-state index contributed by atoms with van der Waals surface area (Å²) in [7, 11) is -1.83. The van der Waals surface area contributed by atoms with Crippen LogP contribution in [0.4, 0.5) is 5.69 Å². The molecular weight excluding hydrogens is 408 g/mol. The van der Waals surface area contributed by atoms with Crippen LogP contribution >= 0.6 is 11.3 Å². The summed E-state index contributed by atoms with van der Waals surface area (Å²) in [5, 5.41) is 1.97. The average Bonchev–Trinajstić information content (AvgIpc) is 3.19. The zero-order valence-corrected chi connectivity index (χ0v) is 17.8. The fraction of sp³-hybridized carbons (Fsp3) is 0.190. The summed E-state index contributed by atoms with van der Waals surface area (Å²) in [6.45, 7) is 0.808. The van der Waals surface area contributed by atoms with Crippen molar-refractivity contribution in [2.45, 2.75) is 13.1 Å². The Kier molecular flexibility index (Phi) is 6.56. The molecule has 1 amide bonds. The number of nitrogens with one attached hydrogen (secondary N) is 1. The first-order chi connectivity index (χ1) is 13.9.